The lowest BCUT2D eigenvalue weighted by atomic mass is 10.0. The van der Waals surface area contributed by atoms with Gasteiger partial charge in [0.05, 0.1) is 10.5 Å². The van der Waals surface area contributed by atoms with E-state index in [1.54, 1.807) is 6.07 Å². The molecule has 0 saturated heterocycles. The third-order valence-corrected chi connectivity index (χ3v) is 4.01. The summed E-state index contributed by atoms with van der Waals surface area (Å²) in [5.74, 6) is 0.0488. The molecule has 2 aromatic carbocycles. The molecule has 0 aromatic heterocycles. The minimum atomic E-state index is -4.72. The van der Waals surface area contributed by atoms with Crippen molar-refractivity contribution in [1.82, 2.24) is 5.43 Å². The van der Waals surface area contributed by atoms with Crippen LogP contribution in [0.15, 0.2) is 36.4 Å². The topological polar surface area (TPSA) is 93.5 Å². The second-order valence-corrected chi connectivity index (χ2v) is 6.64. The Bertz CT molecular complexity index is 914. The molecule has 0 aliphatic rings. The van der Waals surface area contributed by atoms with Crippen molar-refractivity contribution in [3.05, 3.63) is 63.2 Å². The van der Waals surface area contributed by atoms with Gasteiger partial charge in [0.25, 0.3) is 11.6 Å². The van der Waals surface area contributed by atoms with Crippen LogP contribution in [0.25, 0.3) is 0 Å². The SMILES string of the molecule is Cc1ccc(C(C)C)c(OCC(=O)NNc2ccc(C(F)(F)F)cc2[N+](=O)[O-])c1. The molecule has 0 aliphatic heterocycles. The number of nitrogens with one attached hydrogen (secondary N) is 2. The number of hydrogen-bond acceptors (Lipinski definition) is 5. The largest absolute Gasteiger partial charge is 0.483 e. The highest BCUT2D eigenvalue weighted by atomic mass is 19.4. The molecule has 1 amide bonds. The maximum atomic E-state index is 12.7. The monoisotopic (exact) mass is 411 g/mol. The quantitative estimate of drug-likeness (QED) is 0.514. The van der Waals surface area contributed by atoms with Gasteiger partial charge in [0, 0.05) is 6.07 Å². The molecule has 7 nitrogen and oxygen atoms in total. The number of nitrogens with zero attached hydrogens (tertiary/aromatic N) is 1. The van der Waals surface area contributed by atoms with Crippen LogP contribution in [0, 0.1) is 17.0 Å². The molecule has 0 aliphatic carbocycles. The molecule has 0 atom stereocenters. The Hall–Kier alpha value is -3.30. The van der Waals surface area contributed by atoms with E-state index >= 15 is 0 Å². The summed E-state index contributed by atoms with van der Waals surface area (Å²) in [7, 11) is 0. The number of amides is 1. The number of nitro benzene ring substituents is 1. The van der Waals surface area contributed by atoms with E-state index in [1.807, 2.05) is 32.9 Å². The molecule has 29 heavy (non-hydrogen) atoms. The molecule has 156 valence electrons. The number of ether oxygens (including phenoxy) is 1. The van der Waals surface area contributed by atoms with Gasteiger partial charge in [0.1, 0.15) is 11.4 Å². The zero-order valence-electron chi connectivity index (χ0n) is 16.0. The molecule has 0 heterocycles. The van der Waals surface area contributed by atoms with E-state index < -0.39 is 28.3 Å². The number of hydrogen-bond donors (Lipinski definition) is 2. The van der Waals surface area contributed by atoms with Gasteiger partial charge in [0.15, 0.2) is 6.61 Å². The van der Waals surface area contributed by atoms with Crippen molar-refractivity contribution in [2.24, 2.45) is 0 Å². The smallest absolute Gasteiger partial charge is 0.416 e. The minimum absolute atomic E-state index is 0.168. The number of carbonyl (C=O) groups excluding carboxylic acids is 1. The van der Waals surface area contributed by atoms with Gasteiger partial charge in [-0.3, -0.25) is 25.8 Å². The average molecular weight is 411 g/mol. The molecule has 2 N–H and O–H groups in total. The van der Waals surface area contributed by atoms with E-state index in [2.05, 4.69) is 10.9 Å². The van der Waals surface area contributed by atoms with Crippen LogP contribution >= 0.6 is 0 Å². The van der Waals surface area contributed by atoms with Gasteiger partial charge in [-0.25, -0.2) is 0 Å². The van der Waals surface area contributed by atoms with Crippen LogP contribution in [0.5, 0.6) is 5.75 Å². The summed E-state index contributed by atoms with van der Waals surface area (Å²) in [6.45, 7) is 5.44. The Morgan fingerprint density at radius 2 is 1.90 bits per heavy atom. The Labute approximate surface area is 165 Å². The van der Waals surface area contributed by atoms with Crippen LogP contribution in [0.4, 0.5) is 24.5 Å². The van der Waals surface area contributed by atoms with E-state index in [0.29, 0.717) is 17.9 Å². The number of hydrazine groups is 1. The Balaban J connectivity index is 2.05. The first kappa shape index (κ1) is 22.0. The van der Waals surface area contributed by atoms with Crippen LogP contribution in [0.3, 0.4) is 0 Å². The number of anilines is 1. The van der Waals surface area contributed by atoms with E-state index in [-0.39, 0.29) is 18.2 Å². The maximum Gasteiger partial charge on any atom is 0.416 e. The fourth-order valence-corrected chi connectivity index (χ4v) is 2.52. The van der Waals surface area contributed by atoms with Crippen LogP contribution < -0.4 is 15.6 Å². The molecule has 2 rings (SSSR count). The summed E-state index contributed by atoms with van der Waals surface area (Å²) in [6, 6.07) is 7.56. The Morgan fingerprint density at radius 1 is 1.21 bits per heavy atom. The van der Waals surface area contributed by atoms with E-state index in [0.717, 1.165) is 17.2 Å². The van der Waals surface area contributed by atoms with E-state index in [9.17, 15) is 28.1 Å². The zero-order chi connectivity index (χ0) is 21.8. The first-order valence-electron chi connectivity index (χ1n) is 8.63. The van der Waals surface area contributed by atoms with Crippen molar-refractivity contribution in [1.29, 1.82) is 0 Å². The Kier molecular flexibility index (Phi) is 6.68. The summed E-state index contributed by atoms with van der Waals surface area (Å²) >= 11 is 0. The van der Waals surface area contributed by atoms with Crippen molar-refractivity contribution in [2.45, 2.75) is 32.9 Å². The van der Waals surface area contributed by atoms with Crippen LogP contribution in [0.1, 0.15) is 36.5 Å². The van der Waals surface area contributed by atoms with Crippen LogP contribution in [-0.2, 0) is 11.0 Å². The Morgan fingerprint density at radius 3 is 2.48 bits per heavy atom. The van der Waals surface area contributed by atoms with Crippen molar-refractivity contribution in [2.75, 3.05) is 12.0 Å². The molecule has 10 heteroatoms. The molecule has 0 unspecified atom stereocenters. The summed E-state index contributed by atoms with van der Waals surface area (Å²) in [5, 5.41) is 11.1. The molecule has 0 bridgehead atoms. The average Bonchev–Trinajstić information content (AvgIpc) is 2.63. The fraction of sp³-hybridized carbons (Fsp3) is 0.316. The van der Waals surface area contributed by atoms with E-state index in [1.165, 1.54) is 0 Å². The number of carbonyl (C=O) groups is 1. The summed E-state index contributed by atoms with van der Waals surface area (Å²) in [5.41, 5.74) is 4.05. The second-order valence-electron chi connectivity index (χ2n) is 6.64. The summed E-state index contributed by atoms with van der Waals surface area (Å²) in [4.78, 5) is 22.1. The highest BCUT2D eigenvalue weighted by Gasteiger charge is 2.33. The number of rotatable bonds is 7. The number of halogens is 3. The molecule has 0 spiro atoms. The molecule has 0 fully saturated rings. The van der Waals surface area contributed by atoms with Crippen molar-refractivity contribution in [3.8, 4) is 5.75 Å². The molecule has 0 saturated carbocycles. The minimum Gasteiger partial charge on any atom is -0.483 e. The normalized spacial score (nSPS) is 11.3. The molecule has 2 aromatic rings. The molecule has 0 radical (unpaired) electrons. The molecular formula is C19H20F3N3O4. The number of benzene rings is 2. The summed E-state index contributed by atoms with van der Waals surface area (Å²) < 4.78 is 43.7. The zero-order valence-corrected chi connectivity index (χ0v) is 16.0. The lowest BCUT2D eigenvalue weighted by Crippen LogP contribution is -2.34. The van der Waals surface area contributed by atoms with Gasteiger partial charge in [-0.05, 0) is 42.2 Å². The third kappa shape index (κ3) is 5.84. The first-order chi connectivity index (χ1) is 13.5. The predicted molar refractivity (Wildman–Crippen MR) is 101 cm³/mol. The van der Waals surface area contributed by atoms with Crippen LogP contribution in [0.2, 0.25) is 0 Å². The lowest BCUT2D eigenvalue weighted by molar-refractivity contribution is -0.384. The van der Waals surface area contributed by atoms with Gasteiger partial charge in [-0.1, -0.05) is 26.0 Å². The molecular weight excluding hydrogens is 391 g/mol. The van der Waals surface area contributed by atoms with Crippen LogP contribution in [-0.4, -0.2) is 17.4 Å². The first-order valence-corrected chi connectivity index (χ1v) is 8.63. The lowest BCUT2D eigenvalue weighted by Gasteiger charge is -2.15. The maximum absolute atomic E-state index is 12.7. The predicted octanol–water partition coefficient (Wildman–Crippen LogP) is 4.57. The van der Waals surface area contributed by atoms with Crippen molar-refractivity contribution in [3.63, 3.8) is 0 Å². The van der Waals surface area contributed by atoms with Gasteiger partial charge in [-0.2, -0.15) is 13.2 Å². The van der Waals surface area contributed by atoms with Gasteiger partial charge in [0.2, 0.25) is 0 Å². The number of nitro groups is 1. The van der Waals surface area contributed by atoms with Crippen molar-refractivity contribution >= 4 is 17.3 Å². The highest BCUT2D eigenvalue weighted by Crippen LogP contribution is 2.34. The highest BCUT2D eigenvalue weighted by molar-refractivity contribution is 5.79. The van der Waals surface area contributed by atoms with Gasteiger partial charge < -0.3 is 4.74 Å². The fourth-order valence-electron chi connectivity index (χ4n) is 2.52. The van der Waals surface area contributed by atoms with Crippen molar-refractivity contribution < 1.29 is 27.6 Å². The van der Waals surface area contributed by atoms with E-state index in [4.69, 9.17) is 4.74 Å². The number of alkyl halides is 3. The van der Waals surface area contributed by atoms with Gasteiger partial charge in [-0.15, -0.1) is 0 Å². The third-order valence-electron chi connectivity index (χ3n) is 4.01. The van der Waals surface area contributed by atoms with Gasteiger partial charge >= 0.3 is 6.18 Å². The number of aryl methyl sites for hydroxylation is 1. The summed E-state index contributed by atoms with van der Waals surface area (Å²) in [6.07, 6.45) is -4.72. The standard InChI is InChI=1S/C19H20F3N3O4/c1-11(2)14-6-4-12(3)8-17(14)29-10-18(26)24-23-15-7-5-13(19(20,21)22)9-16(15)25(27)28/h4-9,11,23H,10H2,1-3H3,(H,24,26). The second kappa shape index (κ2) is 8.80.